The number of aromatic nitrogens is 3. The standard InChI is InChI=1S/C22H20N4O2S/c1-2-15-8-10-16(11-9-15)12-23-21(27)20-18-19(25-29-20)22(28)26(14-24-18)13-17-6-4-3-5-7-17/h3-11,14H,2,12-13H2,1H3,(H,23,27). The van der Waals surface area contributed by atoms with Gasteiger partial charge < -0.3 is 5.32 Å². The van der Waals surface area contributed by atoms with E-state index in [0.29, 0.717) is 23.5 Å². The zero-order valence-electron chi connectivity index (χ0n) is 16.0. The Labute approximate surface area is 172 Å². The lowest BCUT2D eigenvalue weighted by Crippen LogP contribution is -2.24. The fraction of sp³-hybridized carbons (Fsp3) is 0.182. The number of hydrogen-bond acceptors (Lipinski definition) is 5. The highest BCUT2D eigenvalue weighted by molar-refractivity contribution is 7.09. The van der Waals surface area contributed by atoms with Crippen molar-refractivity contribution < 1.29 is 4.79 Å². The summed E-state index contributed by atoms with van der Waals surface area (Å²) in [5.41, 5.74) is 3.60. The number of nitrogens with one attached hydrogen (secondary N) is 1. The molecule has 4 aromatic rings. The summed E-state index contributed by atoms with van der Waals surface area (Å²) in [6.07, 6.45) is 2.46. The summed E-state index contributed by atoms with van der Waals surface area (Å²) in [5, 5.41) is 2.89. The van der Waals surface area contributed by atoms with Crippen LogP contribution in [0.25, 0.3) is 11.0 Å². The third-order valence-corrected chi connectivity index (χ3v) is 5.58. The van der Waals surface area contributed by atoms with Crippen LogP contribution >= 0.6 is 11.5 Å². The Bertz CT molecular complexity index is 1200. The van der Waals surface area contributed by atoms with Crippen LogP contribution in [-0.4, -0.2) is 19.8 Å². The van der Waals surface area contributed by atoms with E-state index in [1.54, 1.807) is 0 Å². The normalized spacial score (nSPS) is 10.9. The van der Waals surface area contributed by atoms with Gasteiger partial charge in [0.25, 0.3) is 11.5 Å². The SMILES string of the molecule is CCc1ccc(CNC(=O)c2snc3c(=O)n(Cc4ccccc4)cnc23)cc1. The van der Waals surface area contributed by atoms with E-state index in [2.05, 4.69) is 33.7 Å². The Kier molecular flexibility index (Phi) is 5.48. The molecule has 0 unspecified atom stereocenters. The molecule has 4 rings (SSSR count). The molecule has 0 aliphatic heterocycles. The highest BCUT2D eigenvalue weighted by Crippen LogP contribution is 2.18. The first-order valence-electron chi connectivity index (χ1n) is 9.40. The molecule has 29 heavy (non-hydrogen) atoms. The molecule has 7 heteroatoms. The predicted molar refractivity (Wildman–Crippen MR) is 114 cm³/mol. The molecule has 2 aromatic carbocycles. The molecule has 1 amide bonds. The molecule has 2 aromatic heterocycles. The average molecular weight is 404 g/mol. The van der Waals surface area contributed by atoms with Crippen LogP contribution in [-0.2, 0) is 19.5 Å². The van der Waals surface area contributed by atoms with Gasteiger partial charge in [0.05, 0.1) is 12.9 Å². The number of nitrogens with zero attached hydrogens (tertiary/aromatic N) is 3. The molecule has 0 bridgehead atoms. The van der Waals surface area contributed by atoms with Crippen LogP contribution < -0.4 is 10.9 Å². The monoisotopic (exact) mass is 404 g/mol. The second-order valence-corrected chi connectivity index (χ2v) is 7.50. The minimum Gasteiger partial charge on any atom is -0.347 e. The number of amides is 1. The Morgan fingerprint density at radius 3 is 2.45 bits per heavy atom. The van der Waals surface area contributed by atoms with Crippen molar-refractivity contribution >= 4 is 28.5 Å². The van der Waals surface area contributed by atoms with E-state index in [1.165, 1.54) is 16.5 Å². The number of rotatable bonds is 6. The van der Waals surface area contributed by atoms with Gasteiger partial charge in [-0.05, 0) is 34.6 Å². The summed E-state index contributed by atoms with van der Waals surface area (Å²) in [6, 6.07) is 17.8. The van der Waals surface area contributed by atoms with Crippen molar-refractivity contribution in [1.82, 2.24) is 19.2 Å². The van der Waals surface area contributed by atoms with E-state index in [0.717, 1.165) is 29.1 Å². The summed E-state index contributed by atoms with van der Waals surface area (Å²) < 4.78 is 5.71. The van der Waals surface area contributed by atoms with E-state index >= 15 is 0 Å². The highest BCUT2D eigenvalue weighted by atomic mass is 32.1. The fourth-order valence-corrected chi connectivity index (χ4v) is 3.80. The lowest BCUT2D eigenvalue weighted by Gasteiger charge is -2.06. The summed E-state index contributed by atoms with van der Waals surface area (Å²) in [6.45, 7) is 2.93. The highest BCUT2D eigenvalue weighted by Gasteiger charge is 2.18. The molecule has 146 valence electrons. The topological polar surface area (TPSA) is 76.9 Å². The number of hydrogen-bond donors (Lipinski definition) is 1. The van der Waals surface area contributed by atoms with Crippen molar-refractivity contribution in [2.24, 2.45) is 0 Å². The van der Waals surface area contributed by atoms with E-state index < -0.39 is 0 Å². The Hall–Kier alpha value is -3.32. The fourth-order valence-electron chi connectivity index (χ4n) is 3.06. The zero-order valence-corrected chi connectivity index (χ0v) is 16.8. The summed E-state index contributed by atoms with van der Waals surface area (Å²) in [7, 11) is 0. The second-order valence-electron chi connectivity index (χ2n) is 6.72. The first-order chi connectivity index (χ1) is 14.2. The Morgan fingerprint density at radius 1 is 1.00 bits per heavy atom. The maximum atomic E-state index is 12.7. The van der Waals surface area contributed by atoms with Gasteiger partial charge in [-0.1, -0.05) is 61.5 Å². The zero-order chi connectivity index (χ0) is 20.2. The van der Waals surface area contributed by atoms with Crippen molar-refractivity contribution in [3.63, 3.8) is 0 Å². The minimum atomic E-state index is -0.273. The van der Waals surface area contributed by atoms with Gasteiger partial charge in [0.2, 0.25) is 0 Å². The molecule has 1 N–H and O–H groups in total. The maximum Gasteiger partial charge on any atom is 0.281 e. The van der Waals surface area contributed by atoms with E-state index in [4.69, 9.17) is 0 Å². The Balaban J connectivity index is 1.52. The number of fused-ring (bicyclic) bond motifs is 1. The molecule has 6 nitrogen and oxygen atoms in total. The van der Waals surface area contributed by atoms with Gasteiger partial charge in [-0.25, -0.2) is 4.98 Å². The van der Waals surface area contributed by atoms with Crippen LogP contribution in [0, 0.1) is 0 Å². The molecule has 0 aliphatic carbocycles. The van der Waals surface area contributed by atoms with E-state index in [1.807, 2.05) is 42.5 Å². The van der Waals surface area contributed by atoms with Crippen LogP contribution in [0.4, 0.5) is 0 Å². The van der Waals surface area contributed by atoms with E-state index in [-0.39, 0.29) is 17.0 Å². The first-order valence-corrected chi connectivity index (χ1v) is 10.2. The second kappa shape index (κ2) is 8.36. The number of carbonyl (C=O) groups excluding carboxylic acids is 1. The molecule has 0 saturated carbocycles. The quantitative estimate of drug-likeness (QED) is 0.534. The van der Waals surface area contributed by atoms with Gasteiger partial charge >= 0.3 is 0 Å². The number of benzene rings is 2. The molecular formula is C22H20N4O2S. The summed E-state index contributed by atoms with van der Waals surface area (Å²) in [5.74, 6) is -0.273. The van der Waals surface area contributed by atoms with Gasteiger partial charge in [-0.15, -0.1) is 0 Å². The number of carbonyl (C=O) groups is 1. The van der Waals surface area contributed by atoms with Crippen molar-refractivity contribution in [3.8, 4) is 0 Å². The lowest BCUT2D eigenvalue weighted by atomic mass is 10.1. The molecule has 0 aliphatic rings. The van der Waals surface area contributed by atoms with Crippen molar-refractivity contribution in [2.75, 3.05) is 0 Å². The molecule has 0 atom stereocenters. The maximum absolute atomic E-state index is 12.7. The molecule has 0 radical (unpaired) electrons. The van der Waals surface area contributed by atoms with Crippen LogP contribution in [0.5, 0.6) is 0 Å². The van der Waals surface area contributed by atoms with Gasteiger partial charge in [0, 0.05) is 6.54 Å². The molecule has 0 spiro atoms. The van der Waals surface area contributed by atoms with E-state index in [9.17, 15) is 9.59 Å². The van der Waals surface area contributed by atoms with Crippen molar-refractivity contribution in [3.05, 3.63) is 92.8 Å². The van der Waals surface area contributed by atoms with Crippen molar-refractivity contribution in [2.45, 2.75) is 26.4 Å². The van der Waals surface area contributed by atoms with Crippen LogP contribution in [0.2, 0.25) is 0 Å². The molecule has 0 saturated heterocycles. The molecular weight excluding hydrogens is 384 g/mol. The number of aryl methyl sites for hydroxylation is 1. The van der Waals surface area contributed by atoms with Crippen LogP contribution in [0.15, 0.2) is 65.7 Å². The summed E-state index contributed by atoms with van der Waals surface area (Å²) in [4.78, 5) is 30.1. The van der Waals surface area contributed by atoms with Gasteiger partial charge in [0.1, 0.15) is 10.4 Å². The molecule has 0 fully saturated rings. The van der Waals surface area contributed by atoms with Crippen LogP contribution in [0.1, 0.15) is 33.3 Å². The van der Waals surface area contributed by atoms with Crippen molar-refractivity contribution in [1.29, 1.82) is 0 Å². The smallest absolute Gasteiger partial charge is 0.281 e. The minimum absolute atomic E-state index is 0.228. The average Bonchev–Trinajstić information content (AvgIpc) is 3.20. The lowest BCUT2D eigenvalue weighted by molar-refractivity contribution is 0.0956. The van der Waals surface area contributed by atoms with Crippen LogP contribution in [0.3, 0.4) is 0 Å². The summed E-state index contributed by atoms with van der Waals surface area (Å²) >= 11 is 1.00. The van der Waals surface area contributed by atoms with Gasteiger partial charge in [0.15, 0.2) is 5.52 Å². The first kappa shape index (κ1) is 19.0. The third-order valence-electron chi connectivity index (χ3n) is 4.74. The largest absolute Gasteiger partial charge is 0.347 e. The van der Waals surface area contributed by atoms with Gasteiger partial charge in [-0.2, -0.15) is 4.37 Å². The van der Waals surface area contributed by atoms with Gasteiger partial charge in [-0.3, -0.25) is 14.2 Å². The predicted octanol–water partition coefficient (Wildman–Crippen LogP) is 3.39. The Morgan fingerprint density at radius 2 is 1.72 bits per heavy atom. The molecule has 2 heterocycles. The third kappa shape index (κ3) is 4.09.